The molecule has 48 heavy (non-hydrogen) atoms. The second-order valence-corrected chi connectivity index (χ2v) is 15.0. The molecule has 1 atom stereocenters. The van der Waals surface area contributed by atoms with E-state index in [1.54, 1.807) is 37.7 Å². The second-order valence-electron chi connectivity index (χ2n) is 10.8. The van der Waals surface area contributed by atoms with Gasteiger partial charge in [0.25, 0.3) is 5.56 Å². The Morgan fingerprint density at radius 3 is 2.42 bits per heavy atom. The maximum Gasteiger partial charge on any atom is 0.338 e. The van der Waals surface area contributed by atoms with Gasteiger partial charge in [0.1, 0.15) is 12.4 Å². The summed E-state index contributed by atoms with van der Waals surface area (Å²) in [4.78, 5) is 32.8. The summed E-state index contributed by atoms with van der Waals surface area (Å²) in [5.41, 5.74) is 3.07. The largest absolute Gasteiger partial charge is 0.493 e. The maximum atomic E-state index is 14.2. The lowest BCUT2D eigenvalue weighted by molar-refractivity contribution is -0.139. The molecule has 1 aliphatic rings. The third kappa shape index (κ3) is 6.68. The summed E-state index contributed by atoms with van der Waals surface area (Å²) in [5.74, 6) is 1.22. The lowest BCUT2D eigenvalue weighted by Crippen LogP contribution is -2.40. The fraction of sp³-hybridized carbons (Fsp3) is 0.194. The number of carbonyl (C=O) groups excluding carboxylic acids is 1. The summed E-state index contributed by atoms with van der Waals surface area (Å²) in [7, 11) is 3.09. The number of nitrogens with zero attached hydrogens (tertiary/aromatic N) is 2. The molecule has 2 heterocycles. The minimum atomic E-state index is -0.818. The zero-order valence-electron chi connectivity index (χ0n) is 26.3. The highest BCUT2D eigenvalue weighted by molar-refractivity contribution is 14.1. The van der Waals surface area contributed by atoms with Crippen molar-refractivity contribution in [2.24, 2.45) is 4.99 Å². The minimum Gasteiger partial charge on any atom is -0.493 e. The minimum absolute atomic E-state index is 0.179. The third-order valence-corrected chi connectivity index (χ3v) is 11.2. The van der Waals surface area contributed by atoms with Crippen LogP contribution in [0.2, 0.25) is 0 Å². The Morgan fingerprint density at radius 2 is 1.71 bits per heavy atom. The normalized spacial score (nSPS) is 14.5. The Bertz CT molecular complexity index is 2270. The van der Waals surface area contributed by atoms with Gasteiger partial charge < -0.3 is 18.9 Å². The third-order valence-electron chi connectivity index (χ3n) is 7.88. The van der Waals surface area contributed by atoms with Crippen LogP contribution in [0.3, 0.4) is 0 Å². The van der Waals surface area contributed by atoms with Crippen LogP contribution in [0.4, 0.5) is 0 Å². The zero-order chi connectivity index (χ0) is 34.1. The van der Waals surface area contributed by atoms with Crippen LogP contribution in [0, 0.1) is 7.14 Å². The Morgan fingerprint density at radius 1 is 1.02 bits per heavy atom. The monoisotopic (exact) mass is 950 g/mol. The van der Waals surface area contributed by atoms with Gasteiger partial charge in [-0.1, -0.05) is 69.7 Å². The summed E-state index contributed by atoms with van der Waals surface area (Å²) in [5, 5.41) is 2.34. The van der Waals surface area contributed by atoms with E-state index < -0.39 is 12.0 Å². The number of carbonyl (C=O) groups is 1. The van der Waals surface area contributed by atoms with Crippen molar-refractivity contribution in [3.63, 3.8) is 0 Å². The van der Waals surface area contributed by atoms with Crippen LogP contribution < -0.4 is 29.1 Å². The summed E-state index contributed by atoms with van der Waals surface area (Å²) < 4.78 is 27.4. The number of thiazole rings is 1. The topological polar surface area (TPSA) is 88.4 Å². The van der Waals surface area contributed by atoms with Crippen LogP contribution in [-0.4, -0.2) is 31.4 Å². The first-order valence-corrected chi connectivity index (χ1v) is 18.6. The van der Waals surface area contributed by atoms with Gasteiger partial charge in [-0.15, -0.1) is 0 Å². The quantitative estimate of drug-likeness (QED) is 0.112. The zero-order valence-corrected chi connectivity index (χ0v) is 33.0. The molecule has 1 aliphatic heterocycles. The van der Waals surface area contributed by atoms with Crippen molar-refractivity contribution in [1.82, 2.24) is 4.57 Å². The Hall–Kier alpha value is -3.21. The van der Waals surface area contributed by atoms with Crippen LogP contribution in [0.15, 0.2) is 92.3 Å². The molecule has 0 spiro atoms. The van der Waals surface area contributed by atoms with Crippen LogP contribution in [0.25, 0.3) is 16.8 Å². The number of ether oxygens (including phenoxy) is 4. The molecule has 0 saturated carbocycles. The molecule has 8 nitrogen and oxygen atoms in total. The smallest absolute Gasteiger partial charge is 0.338 e. The number of esters is 1. The average Bonchev–Trinajstić information content (AvgIpc) is 3.37. The van der Waals surface area contributed by atoms with E-state index in [0.29, 0.717) is 43.2 Å². The number of aromatic nitrogens is 1. The first-order valence-electron chi connectivity index (χ1n) is 14.8. The molecular weight excluding hydrogens is 922 g/mol. The first kappa shape index (κ1) is 34.6. The first-order chi connectivity index (χ1) is 23.1. The number of methoxy groups -OCH3 is 2. The van der Waals surface area contributed by atoms with Crippen LogP contribution in [0.5, 0.6) is 17.2 Å². The predicted molar refractivity (Wildman–Crippen MR) is 208 cm³/mol. The Balaban J connectivity index is 1.41. The van der Waals surface area contributed by atoms with E-state index in [2.05, 4.69) is 85.4 Å². The lowest BCUT2D eigenvalue weighted by atomic mass is 9.95. The lowest BCUT2D eigenvalue weighted by Gasteiger charge is -2.26. The van der Waals surface area contributed by atoms with Crippen LogP contribution in [-0.2, 0) is 16.1 Å². The van der Waals surface area contributed by atoms with Crippen molar-refractivity contribution >= 4 is 95.3 Å². The number of benzene rings is 4. The molecule has 5 aromatic rings. The SMILES string of the molecule is CCOC(=O)C1=C(C)N=c2s/c(=C\c3cc(I)c(OCc4cccc5ccccc45)c(I)c3)c(=O)n2[C@@H]1c1cc(OC)c(OC)cc1Br. The molecule has 4 aromatic carbocycles. The number of allylic oxidation sites excluding steroid dienone is 1. The van der Waals surface area contributed by atoms with E-state index in [4.69, 9.17) is 23.9 Å². The van der Waals surface area contributed by atoms with Crippen LogP contribution in [0.1, 0.15) is 36.6 Å². The fourth-order valence-electron chi connectivity index (χ4n) is 5.69. The van der Waals surface area contributed by atoms with Crippen molar-refractivity contribution in [1.29, 1.82) is 0 Å². The van der Waals surface area contributed by atoms with E-state index in [0.717, 1.165) is 29.4 Å². The molecule has 0 unspecified atom stereocenters. The fourth-order valence-corrected chi connectivity index (χ4v) is 9.40. The maximum absolute atomic E-state index is 14.2. The van der Waals surface area contributed by atoms with E-state index in [-0.39, 0.29) is 17.7 Å². The number of hydrogen-bond acceptors (Lipinski definition) is 8. The summed E-state index contributed by atoms with van der Waals surface area (Å²) in [6.45, 7) is 4.11. The van der Waals surface area contributed by atoms with Crippen molar-refractivity contribution in [2.45, 2.75) is 26.5 Å². The van der Waals surface area contributed by atoms with Crippen molar-refractivity contribution in [3.8, 4) is 17.2 Å². The van der Waals surface area contributed by atoms with Gasteiger partial charge in [-0.3, -0.25) is 9.36 Å². The summed E-state index contributed by atoms with van der Waals surface area (Å²) >= 11 is 9.46. The molecule has 0 saturated heterocycles. The van der Waals surface area contributed by atoms with Gasteiger partial charge >= 0.3 is 5.97 Å². The van der Waals surface area contributed by atoms with Gasteiger partial charge in [0.05, 0.1) is 49.8 Å². The highest BCUT2D eigenvalue weighted by Gasteiger charge is 2.35. The van der Waals surface area contributed by atoms with E-state index in [1.165, 1.54) is 23.8 Å². The van der Waals surface area contributed by atoms with Gasteiger partial charge in [0.2, 0.25) is 0 Å². The number of halogens is 3. The standard InChI is InChI=1S/C36H29BrI2N2O6S/c1-5-46-35(43)31-19(2)40-36-41(32(31)24-16-28(44-3)29(45-4)17-25(24)37)34(42)30(48-36)15-20-13-26(38)33(27(39)14-20)47-18-22-11-8-10-21-9-6-7-12-23(21)22/h6-17,32H,5,18H2,1-4H3/b30-15-/t32-/m1/s1. The molecule has 0 radical (unpaired) electrons. The van der Waals surface area contributed by atoms with Crippen molar-refractivity contribution < 1.29 is 23.7 Å². The Labute approximate surface area is 316 Å². The molecule has 246 valence electrons. The summed E-state index contributed by atoms with van der Waals surface area (Å²) in [6.07, 6.45) is 1.85. The molecular formula is C36H29BrI2N2O6S. The molecule has 1 aromatic heterocycles. The second kappa shape index (κ2) is 14.7. The highest BCUT2D eigenvalue weighted by Crippen LogP contribution is 2.41. The number of fused-ring (bicyclic) bond motifs is 2. The molecule has 0 fully saturated rings. The van der Waals surface area contributed by atoms with E-state index in [9.17, 15) is 9.59 Å². The van der Waals surface area contributed by atoms with E-state index in [1.807, 2.05) is 36.4 Å². The van der Waals surface area contributed by atoms with Crippen LogP contribution >= 0.6 is 72.4 Å². The van der Waals surface area contributed by atoms with Gasteiger partial charge in [-0.2, -0.15) is 0 Å². The average molecular weight is 951 g/mol. The predicted octanol–water partition coefficient (Wildman–Crippen LogP) is 7.52. The van der Waals surface area contributed by atoms with E-state index >= 15 is 0 Å². The summed E-state index contributed by atoms with van der Waals surface area (Å²) in [6, 6.07) is 21.2. The van der Waals surface area contributed by atoms with Crippen molar-refractivity contribution in [2.75, 3.05) is 20.8 Å². The van der Waals surface area contributed by atoms with Gasteiger partial charge in [-0.05, 0) is 117 Å². The number of rotatable bonds is 9. The number of hydrogen-bond donors (Lipinski definition) is 0. The van der Waals surface area contributed by atoms with Gasteiger partial charge in [0.15, 0.2) is 16.3 Å². The molecule has 0 aliphatic carbocycles. The molecule has 0 bridgehead atoms. The molecule has 0 amide bonds. The highest BCUT2D eigenvalue weighted by atomic mass is 127. The molecule has 12 heteroatoms. The van der Waals surface area contributed by atoms with Crippen molar-refractivity contribution in [3.05, 3.63) is 126 Å². The molecule has 0 N–H and O–H groups in total. The van der Waals surface area contributed by atoms with Gasteiger partial charge in [-0.25, -0.2) is 9.79 Å². The van der Waals surface area contributed by atoms with Gasteiger partial charge in [0, 0.05) is 4.47 Å². The molecule has 6 rings (SSSR count). The Kier molecular flexibility index (Phi) is 10.6.